The first kappa shape index (κ1) is 24.9. The molecule has 1 unspecified atom stereocenters. The topological polar surface area (TPSA) is 132 Å². The highest BCUT2D eigenvalue weighted by Gasteiger charge is 2.52. The number of hydrogen-bond donors (Lipinski definition) is 3. The Morgan fingerprint density at radius 3 is 2.33 bits per heavy atom. The minimum Gasteiger partial charge on any atom is -0.462 e. The van der Waals surface area contributed by atoms with E-state index in [4.69, 9.17) is 14.2 Å². The Morgan fingerprint density at radius 2 is 1.76 bits per heavy atom. The SMILES string of the molecule is Cc1ccc(O[C@H]2O[C@H](CO)[C@H](OC(c3ccccc3[N+](=O)[O-])C(F)(F)F)[C@H](O)[C@H]2O)cc1. The fourth-order valence-electron chi connectivity index (χ4n) is 3.43. The molecular weight excluding hydrogens is 451 g/mol. The summed E-state index contributed by atoms with van der Waals surface area (Å²) in [6.45, 7) is 0.945. The van der Waals surface area contributed by atoms with E-state index in [0.29, 0.717) is 0 Å². The number of nitro groups is 1. The predicted octanol–water partition coefficient (Wildman–Crippen LogP) is 2.41. The molecule has 3 rings (SSSR count). The second-order valence-electron chi connectivity index (χ2n) is 7.48. The van der Waals surface area contributed by atoms with Gasteiger partial charge in [-0.25, -0.2) is 0 Å². The van der Waals surface area contributed by atoms with Gasteiger partial charge in [-0.2, -0.15) is 13.2 Å². The zero-order chi connectivity index (χ0) is 24.3. The number of para-hydroxylation sites is 1. The van der Waals surface area contributed by atoms with E-state index in [2.05, 4.69) is 0 Å². The molecule has 6 atom stereocenters. The Morgan fingerprint density at radius 1 is 1.12 bits per heavy atom. The largest absolute Gasteiger partial charge is 0.462 e. The maximum atomic E-state index is 13.8. The Bertz CT molecular complexity index is 953. The number of aryl methyl sites for hydroxylation is 1. The second kappa shape index (κ2) is 10.0. The molecule has 180 valence electrons. The molecule has 12 heteroatoms. The number of nitro benzene ring substituents is 1. The van der Waals surface area contributed by atoms with E-state index in [1.54, 1.807) is 24.3 Å². The Hall–Kier alpha value is -2.77. The van der Waals surface area contributed by atoms with Crippen molar-refractivity contribution in [3.63, 3.8) is 0 Å². The second-order valence-corrected chi connectivity index (χ2v) is 7.48. The first-order valence-corrected chi connectivity index (χ1v) is 9.84. The molecule has 0 spiro atoms. The summed E-state index contributed by atoms with van der Waals surface area (Å²) in [7, 11) is 0. The van der Waals surface area contributed by atoms with Crippen LogP contribution in [0.25, 0.3) is 0 Å². The van der Waals surface area contributed by atoms with E-state index < -0.39 is 65.8 Å². The highest BCUT2D eigenvalue weighted by Crippen LogP contribution is 2.42. The quantitative estimate of drug-likeness (QED) is 0.413. The summed E-state index contributed by atoms with van der Waals surface area (Å²) >= 11 is 0. The van der Waals surface area contributed by atoms with Crippen molar-refractivity contribution in [2.24, 2.45) is 0 Å². The normalized spacial score (nSPS) is 26.6. The van der Waals surface area contributed by atoms with Crippen LogP contribution < -0.4 is 4.74 Å². The third-order valence-corrected chi connectivity index (χ3v) is 5.10. The van der Waals surface area contributed by atoms with Crippen molar-refractivity contribution in [3.8, 4) is 5.75 Å². The molecule has 1 heterocycles. The van der Waals surface area contributed by atoms with Gasteiger partial charge < -0.3 is 29.5 Å². The van der Waals surface area contributed by atoms with Crippen LogP contribution >= 0.6 is 0 Å². The summed E-state index contributed by atoms with van der Waals surface area (Å²) in [6, 6.07) is 10.7. The number of halogens is 3. The molecule has 0 amide bonds. The standard InChI is InChI=1S/C21H22F3NO8/c1-11-6-8-12(9-7-11)31-20-17(28)16(27)18(15(10-26)32-20)33-19(21(22,23)24)13-4-2-3-5-14(13)25(29)30/h2-9,15-20,26-28H,10H2,1H3/t15-,16-,17-,18+,19?,20+/m1/s1. The van der Waals surface area contributed by atoms with Crippen molar-refractivity contribution in [1.29, 1.82) is 0 Å². The predicted molar refractivity (Wildman–Crippen MR) is 106 cm³/mol. The third-order valence-electron chi connectivity index (χ3n) is 5.10. The maximum Gasteiger partial charge on any atom is 0.419 e. The fourth-order valence-corrected chi connectivity index (χ4v) is 3.43. The van der Waals surface area contributed by atoms with Gasteiger partial charge >= 0.3 is 6.18 Å². The highest BCUT2D eigenvalue weighted by molar-refractivity contribution is 5.42. The van der Waals surface area contributed by atoms with Gasteiger partial charge in [-0.1, -0.05) is 29.8 Å². The lowest BCUT2D eigenvalue weighted by atomic mass is 9.97. The van der Waals surface area contributed by atoms with E-state index in [9.17, 15) is 38.6 Å². The minimum absolute atomic E-state index is 0.251. The molecule has 0 saturated carbocycles. The Balaban J connectivity index is 1.87. The number of alkyl halides is 3. The Labute approximate surface area is 186 Å². The Kier molecular flexibility index (Phi) is 7.55. The molecule has 0 radical (unpaired) electrons. The molecule has 0 aliphatic carbocycles. The molecule has 0 aromatic heterocycles. The number of benzene rings is 2. The molecule has 2 aromatic rings. The molecule has 2 aromatic carbocycles. The zero-order valence-electron chi connectivity index (χ0n) is 17.3. The molecule has 1 aliphatic heterocycles. The number of aliphatic hydroxyl groups is 3. The van der Waals surface area contributed by atoms with Crippen molar-refractivity contribution in [2.75, 3.05) is 6.61 Å². The van der Waals surface area contributed by atoms with Gasteiger partial charge in [-0.15, -0.1) is 0 Å². The molecule has 1 saturated heterocycles. The number of hydrogen-bond acceptors (Lipinski definition) is 8. The van der Waals surface area contributed by atoms with Crippen LogP contribution in [0.15, 0.2) is 48.5 Å². The molecule has 0 bridgehead atoms. The van der Waals surface area contributed by atoms with Crippen molar-refractivity contribution in [2.45, 2.75) is 49.9 Å². The van der Waals surface area contributed by atoms with Gasteiger partial charge in [0, 0.05) is 6.07 Å². The lowest BCUT2D eigenvalue weighted by Gasteiger charge is -2.43. The first-order chi connectivity index (χ1) is 15.5. The van der Waals surface area contributed by atoms with Gasteiger partial charge in [0.05, 0.1) is 17.1 Å². The van der Waals surface area contributed by atoms with Gasteiger partial charge in [0.15, 0.2) is 6.10 Å². The van der Waals surface area contributed by atoms with E-state index in [0.717, 1.165) is 17.7 Å². The van der Waals surface area contributed by atoms with Crippen molar-refractivity contribution in [1.82, 2.24) is 0 Å². The fraction of sp³-hybridized carbons (Fsp3) is 0.429. The summed E-state index contributed by atoms with van der Waals surface area (Å²) in [6.07, 6.45) is -16.7. The summed E-state index contributed by atoms with van der Waals surface area (Å²) in [5.41, 5.74) is -0.721. The lowest BCUT2D eigenvalue weighted by Crippen LogP contribution is -2.61. The molecule has 1 aliphatic rings. The maximum absolute atomic E-state index is 13.8. The van der Waals surface area contributed by atoms with Gasteiger partial charge in [0.1, 0.15) is 30.2 Å². The minimum atomic E-state index is -5.12. The zero-order valence-corrected chi connectivity index (χ0v) is 17.3. The average molecular weight is 473 g/mol. The van der Waals surface area contributed by atoms with Gasteiger partial charge in [-0.05, 0) is 25.1 Å². The smallest absolute Gasteiger partial charge is 0.419 e. The van der Waals surface area contributed by atoms with Crippen molar-refractivity contribution < 1.29 is 47.6 Å². The number of nitrogens with zero attached hydrogens (tertiary/aromatic N) is 1. The number of aliphatic hydroxyl groups excluding tert-OH is 3. The van der Waals surface area contributed by atoms with E-state index >= 15 is 0 Å². The molecule has 3 N–H and O–H groups in total. The van der Waals surface area contributed by atoms with Crippen LogP contribution in [-0.4, -0.2) is 63.7 Å². The van der Waals surface area contributed by atoms with Crippen molar-refractivity contribution >= 4 is 5.69 Å². The van der Waals surface area contributed by atoms with Crippen molar-refractivity contribution in [3.05, 3.63) is 69.8 Å². The third kappa shape index (κ3) is 5.60. The summed E-state index contributed by atoms with van der Waals surface area (Å²) in [5.74, 6) is 0.251. The van der Waals surface area contributed by atoms with E-state index in [-0.39, 0.29) is 5.75 Å². The van der Waals surface area contributed by atoms with Crippen LogP contribution in [-0.2, 0) is 9.47 Å². The summed E-state index contributed by atoms with van der Waals surface area (Å²) < 4.78 is 57.4. The highest BCUT2D eigenvalue weighted by atomic mass is 19.4. The monoisotopic (exact) mass is 473 g/mol. The van der Waals surface area contributed by atoms with Crippen LogP contribution in [0.2, 0.25) is 0 Å². The van der Waals surface area contributed by atoms with Crippen LogP contribution in [0.5, 0.6) is 5.75 Å². The van der Waals surface area contributed by atoms with E-state index in [1.165, 1.54) is 12.1 Å². The van der Waals surface area contributed by atoms with Crippen LogP contribution in [0.1, 0.15) is 17.2 Å². The first-order valence-electron chi connectivity index (χ1n) is 9.84. The van der Waals surface area contributed by atoms with Crippen LogP contribution in [0.4, 0.5) is 18.9 Å². The van der Waals surface area contributed by atoms with Crippen LogP contribution in [0.3, 0.4) is 0 Å². The molecular formula is C21H22F3NO8. The average Bonchev–Trinajstić information content (AvgIpc) is 2.76. The summed E-state index contributed by atoms with van der Waals surface area (Å²) in [5, 5.41) is 41.8. The molecule has 33 heavy (non-hydrogen) atoms. The van der Waals surface area contributed by atoms with Gasteiger partial charge in [0.25, 0.3) is 5.69 Å². The van der Waals surface area contributed by atoms with E-state index in [1.807, 2.05) is 6.92 Å². The lowest BCUT2D eigenvalue weighted by molar-refractivity contribution is -0.388. The van der Waals surface area contributed by atoms with Gasteiger partial charge in [-0.3, -0.25) is 10.1 Å². The number of rotatable bonds is 7. The van der Waals surface area contributed by atoms with Crippen LogP contribution in [0, 0.1) is 17.0 Å². The van der Waals surface area contributed by atoms with Gasteiger partial charge in [0.2, 0.25) is 6.29 Å². The number of ether oxygens (including phenoxy) is 3. The molecule has 1 fully saturated rings. The molecule has 9 nitrogen and oxygen atoms in total. The summed E-state index contributed by atoms with van der Waals surface area (Å²) in [4.78, 5) is 10.2.